The van der Waals surface area contributed by atoms with E-state index in [2.05, 4.69) is 13.2 Å². The first kappa shape index (κ1) is 29.6. The summed E-state index contributed by atoms with van der Waals surface area (Å²) in [5.41, 5.74) is 1.20. The van der Waals surface area contributed by atoms with Crippen LogP contribution in [0.25, 0.3) is 0 Å². The first-order valence-electron chi connectivity index (χ1n) is 12.0. The molecule has 0 aliphatic carbocycles. The third kappa shape index (κ3) is 7.22. The van der Waals surface area contributed by atoms with Crippen LogP contribution in [-0.2, 0) is 9.59 Å². The summed E-state index contributed by atoms with van der Waals surface area (Å²) in [6.45, 7) is 19.4. The lowest BCUT2D eigenvalue weighted by molar-refractivity contribution is -0.130. The highest BCUT2D eigenvalue weighted by Crippen LogP contribution is 2.51. The van der Waals surface area contributed by atoms with Crippen molar-refractivity contribution in [2.45, 2.75) is 51.3 Å². The summed E-state index contributed by atoms with van der Waals surface area (Å²) in [5, 5.41) is 0. The Morgan fingerprint density at radius 2 is 1.03 bits per heavy atom. The second kappa shape index (κ2) is 14.2. The molecule has 0 bridgehead atoms. The van der Waals surface area contributed by atoms with Gasteiger partial charge in [0.25, 0.3) is 0 Å². The lowest BCUT2D eigenvalue weighted by Crippen LogP contribution is -2.09. The van der Waals surface area contributed by atoms with Gasteiger partial charge in [0.05, 0.1) is 36.2 Å². The Morgan fingerprint density at radius 1 is 0.676 bits per heavy atom. The number of hydrogen-bond donors (Lipinski definition) is 0. The van der Waals surface area contributed by atoms with E-state index in [1.807, 2.05) is 27.7 Å². The number of benzene rings is 2. The molecular formula is C28H34O8S. The Hall–Kier alpha value is -3.59. The molecule has 0 aliphatic heterocycles. The Balaban J connectivity index is 2.76. The van der Waals surface area contributed by atoms with Gasteiger partial charge in [-0.25, -0.2) is 9.59 Å². The van der Waals surface area contributed by atoms with Crippen LogP contribution in [0.1, 0.15) is 38.8 Å². The highest BCUT2D eigenvalue weighted by molar-refractivity contribution is 7.99. The highest BCUT2D eigenvalue weighted by atomic mass is 32.2. The fourth-order valence-corrected chi connectivity index (χ4v) is 4.61. The van der Waals surface area contributed by atoms with Gasteiger partial charge in [-0.05, 0) is 41.5 Å². The fraction of sp³-hybridized carbons (Fsp3) is 0.357. The molecule has 9 heteroatoms. The molecule has 0 aromatic heterocycles. The molecule has 37 heavy (non-hydrogen) atoms. The van der Waals surface area contributed by atoms with Gasteiger partial charge in [0.15, 0.2) is 23.0 Å². The van der Waals surface area contributed by atoms with E-state index >= 15 is 0 Å². The van der Waals surface area contributed by atoms with Crippen LogP contribution >= 0.6 is 11.8 Å². The normalized spacial score (nSPS) is 10.3. The van der Waals surface area contributed by atoms with Gasteiger partial charge in [-0.3, -0.25) is 0 Å². The second-order valence-corrected chi connectivity index (χ2v) is 8.48. The van der Waals surface area contributed by atoms with Crippen LogP contribution in [0.5, 0.6) is 34.5 Å². The molecule has 0 saturated heterocycles. The number of esters is 2. The van der Waals surface area contributed by atoms with Gasteiger partial charge in [-0.1, -0.05) is 24.9 Å². The molecule has 2 aromatic carbocycles. The topological polar surface area (TPSA) is 89.5 Å². The average Bonchev–Trinajstić information content (AvgIpc) is 2.88. The van der Waals surface area contributed by atoms with Gasteiger partial charge >= 0.3 is 11.9 Å². The van der Waals surface area contributed by atoms with Gasteiger partial charge in [0.2, 0.25) is 0 Å². The second-order valence-electron chi connectivity index (χ2n) is 7.40. The Kier molecular flexibility index (Phi) is 11.4. The predicted molar refractivity (Wildman–Crippen MR) is 143 cm³/mol. The van der Waals surface area contributed by atoms with Crippen LogP contribution < -0.4 is 28.4 Å². The van der Waals surface area contributed by atoms with Crippen LogP contribution in [-0.4, -0.2) is 38.4 Å². The van der Waals surface area contributed by atoms with E-state index in [-0.39, 0.29) is 11.5 Å². The van der Waals surface area contributed by atoms with Crippen molar-refractivity contribution >= 4 is 23.7 Å². The maximum absolute atomic E-state index is 12.0. The molecule has 200 valence electrons. The smallest absolute Gasteiger partial charge is 0.335 e. The largest absolute Gasteiger partial charge is 0.492 e. The zero-order chi connectivity index (χ0) is 27.5. The minimum atomic E-state index is -0.604. The lowest BCUT2D eigenvalue weighted by atomic mass is 10.1. The summed E-state index contributed by atoms with van der Waals surface area (Å²) >= 11 is 1.36. The number of carbonyl (C=O) groups excluding carboxylic acids is 2. The molecule has 8 nitrogen and oxygen atoms in total. The zero-order valence-electron chi connectivity index (χ0n) is 22.2. The van der Waals surface area contributed by atoms with Crippen molar-refractivity contribution in [2.75, 3.05) is 26.4 Å². The molecule has 0 spiro atoms. The third-order valence-electron chi connectivity index (χ3n) is 4.92. The standard InChI is InChI=1S/C28H34O8S/c1-9-23(29)35-25-17(7)27(33-13-5)21(15-19(25)31-11-3)37-22-16-20(32-12-4)26(36-24(30)10-2)18(8)28(22)34-14-6/h9-10,15-16H,1-2,11-14H2,3-8H3. The fourth-order valence-electron chi connectivity index (χ4n) is 3.43. The monoisotopic (exact) mass is 530 g/mol. The average molecular weight is 531 g/mol. The number of carbonyl (C=O) groups is 2. The van der Waals surface area contributed by atoms with E-state index in [1.165, 1.54) is 11.8 Å². The van der Waals surface area contributed by atoms with E-state index in [0.717, 1.165) is 12.2 Å². The molecule has 0 radical (unpaired) electrons. The lowest BCUT2D eigenvalue weighted by Gasteiger charge is -2.22. The van der Waals surface area contributed by atoms with Crippen molar-refractivity contribution in [1.82, 2.24) is 0 Å². The summed E-state index contributed by atoms with van der Waals surface area (Å²) in [5.74, 6) is 1.16. The Morgan fingerprint density at radius 3 is 1.32 bits per heavy atom. The first-order valence-corrected chi connectivity index (χ1v) is 12.8. The molecule has 0 heterocycles. The molecule has 2 aromatic rings. The van der Waals surface area contributed by atoms with E-state index < -0.39 is 11.9 Å². The molecular weight excluding hydrogens is 496 g/mol. The Labute approximate surface area is 222 Å². The van der Waals surface area contributed by atoms with Crippen LogP contribution in [0.15, 0.2) is 47.2 Å². The van der Waals surface area contributed by atoms with Gasteiger partial charge in [0.1, 0.15) is 11.5 Å². The molecule has 0 aliphatic rings. The van der Waals surface area contributed by atoms with Crippen LogP contribution in [0.2, 0.25) is 0 Å². The van der Waals surface area contributed by atoms with Gasteiger partial charge in [-0.2, -0.15) is 0 Å². The van der Waals surface area contributed by atoms with Crippen molar-refractivity contribution < 1.29 is 38.0 Å². The SMILES string of the molecule is C=CC(=O)Oc1c(OCC)cc(Sc2cc(OCC)c(OC(=O)C=C)c(C)c2OCC)c(OCC)c1C. The van der Waals surface area contributed by atoms with Crippen LogP contribution in [0, 0.1) is 13.8 Å². The molecule has 0 amide bonds. The van der Waals surface area contributed by atoms with Crippen molar-refractivity contribution in [3.8, 4) is 34.5 Å². The van der Waals surface area contributed by atoms with Crippen LogP contribution in [0.4, 0.5) is 0 Å². The molecule has 2 rings (SSSR count). The van der Waals surface area contributed by atoms with E-state index in [4.69, 9.17) is 28.4 Å². The van der Waals surface area contributed by atoms with Crippen molar-refractivity contribution in [3.05, 3.63) is 48.6 Å². The maximum atomic E-state index is 12.0. The van der Waals surface area contributed by atoms with E-state index in [1.54, 1.807) is 26.0 Å². The minimum absolute atomic E-state index is 0.266. The van der Waals surface area contributed by atoms with E-state index in [9.17, 15) is 9.59 Å². The summed E-state index contributed by atoms with van der Waals surface area (Å²) in [6.07, 6.45) is 2.18. The molecule has 0 fully saturated rings. The molecule has 0 saturated carbocycles. The van der Waals surface area contributed by atoms with E-state index in [0.29, 0.717) is 70.3 Å². The summed E-state index contributed by atoms with van der Waals surface area (Å²) in [4.78, 5) is 25.4. The van der Waals surface area contributed by atoms with Gasteiger partial charge in [-0.15, -0.1) is 0 Å². The molecule has 0 unspecified atom stereocenters. The maximum Gasteiger partial charge on any atom is 0.335 e. The zero-order valence-corrected chi connectivity index (χ0v) is 23.0. The minimum Gasteiger partial charge on any atom is -0.492 e. The number of ether oxygens (including phenoxy) is 6. The molecule has 0 N–H and O–H groups in total. The van der Waals surface area contributed by atoms with Gasteiger partial charge < -0.3 is 28.4 Å². The predicted octanol–water partition coefficient (Wildman–Crippen LogP) is 6.23. The summed E-state index contributed by atoms with van der Waals surface area (Å²) in [7, 11) is 0. The number of hydrogen-bond acceptors (Lipinski definition) is 9. The molecule has 0 atom stereocenters. The highest BCUT2D eigenvalue weighted by Gasteiger charge is 2.25. The first-order chi connectivity index (χ1) is 17.8. The van der Waals surface area contributed by atoms with Crippen molar-refractivity contribution in [2.24, 2.45) is 0 Å². The third-order valence-corrected chi connectivity index (χ3v) is 5.96. The summed E-state index contributed by atoms with van der Waals surface area (Å²) in [6, 6.07) is 3.52. The van der Waals surface area contributed by atoms with Crippen molar-refractivity contribution in [3.63, 3.8) is 0 Å². The quantitative estimate of drug-likeness (QED) is 0.160. The van der Waals surface area contributed by atoms with Crippen LogP contribution in [0.3, 0.4) is 0 Å². The van der Waals surface area contributed by atoms with Crippen molar-refractivity contribution in [1.29, 1.82) is 0 Å². The Bertz CT molecular complexity index is 1070. The van der Waals surface area contributed by atoms with Gasteiger partial charge in [0, 0.05) is 35.4 Å². The summed E-state index contributed by atoms with van der Waals surface area (Å²) < 4.78 is 34.6. The number of rotatable bonds is 14.